The smallest absolute Gasteiger partial charge is 0.248 e. The van der Waals surface area contributed by atoms with Crippen LogP contribution in [-0.4, -0.2) is 5.91 Å². The lowest BCUT2D eigenvalue weighted by atomic mass is 10.2. The Morgan fingerprint density at radius 2 is 1.92 bits per heavy atom. The molecule has 0 radical (unpaired) electrons. The average molecular weight is 229 g/mol. The Balaban J connectivity index is 0. The summed E-state index contributed by atoms with van der Waals surface area (Å²) in [5.41, 5.74) is 5.42. The Hall–Kier alpha value is -0.440. The Labute approximate surface area is 87.9 Å². The quantitative estimate of drug-likeness (QED) is 0.787. The molecule has 0 spiro atoms. The summed E-state index contributed by atoms with van der Waals surface area (Å²) in [5.74, 6) is -0.456. The normalized spacial score (nSPS) is 7.75. The molecule has 1 rings (SSSR count). The van der Waals surface area contributed by atoms with E-state index in [0.717, 1.165) is 0 Å². The van der Waals surface area contributed by atoms with Gasteiger partial charge in [0.15, 0.2) is 0 Å². The zero-order valence-electron chi connectivity index (χ0n) is 5.99. The summed E-state index contributed by atoms with van der Waals surface area (Å²) in [5, 5.41) is 0.524. The first-order chi connectivity index (χ1) is 4.70. The van der Waals surface area contributed by atoms with Crippen molar-refractivity contribution in [3.63, 3.8) is 0 Å². The van der Waals surface area contributed by atoms with Gasteiger partial charge < -0.3 is 5.73 Å². The lowest BCUT2D eigenvalue weighted by molar-refractivity contribution is 0.100. The minimum absolute atomic E-state index is 0. The summed E-state index contributed by atoms with van der Waals surface area (Å²) in [7, 11) is 0. The van der Waals surface area contributed by atoms with Gasteiger partial charge in [0.2, 0.25) is 5.91 Å². The van der Waals surface area contributed by atoms with Crippen molar-refractivity contribution in [1.29, 1.82) is 0 Å². The lowest BCUT2D eigenvalue weighted by Gasteiger charge is -1.93. The lowest BCUT2D eigenvalue weighted by Crippen LogP contribution is -2.10. The summed E-state index contributed by atoms with van der Waals surface area (Å²) < 4.78 is 0. The summed E-state index contributed by atoms with van der Waals surface area (Å²) in [4.78, 5) is 10.5. The molecule has 0 atom stereocenters. The molecule has 2 nitrogen and oxygen atoms in total. The Kier molecular flexibility index (Phi) is 7.19. The molecule has 12 heavy (non-hydrogen) atoms. The number of primary amides is 1. The van der Waals surface area contributed by atoms with E-state index in [1.165, 1.54) is 6.07 Å². The molecular formula is C7H8Cl3NO. The largest absolute Gasteiger partial charge is 0.366 e. The molecule has 1 aromatic carbocycles. The molecule has 0 aliphatic carbocycles. The van der Waals surface area contributed by atoms with Gasteiger partial charge in [-0.25, -0.2) is 0 Å². The molecule has 0 aliphatic heterocycles. The molecule has 0 saturated heterocycles. The van der Waals surface area contributed by atoms with E-state index < -0.39 is 5.91 Å². The number of carbonyl (C=O) groups is 1. The van der Waals surface area contributed by atoms with Gasteiger partial charge in [-0.15, -0.1) is 24.8 Å². The molecule has 1 amide bonds. The molecule has 5 heteroatoms. The van der Waals surface area contributed by atoms with Crippen molar-refractivity contribution >= 4 is 42.3 Å². The third-order valence-corrected chi connectivity index (χ3v) is 1.34. The van der Waals surface area contributed by atoms with Crippen molar-refractivity contribution in [1.82, 2.24) is 0 Å². The number of carbonyl (C=O) groups excluding carboxylic acids is 1. The summed E-state index contributed by atoms with van der Waals surface area (Å²) >= 11 is 5.58. The monoisotopic (exact) mass is 227 g/mol. The van der Waals surface area contributed by atoms with E-state index in [1.54, 1.807) is 18.2 Å². The van der Waals surface area contributed by atoms with Crippen molar-refractivity contribution in [3.8, 4) is 0 Å². The van der Waals surface area contributed by atoms with Gasteiger partial charge in [0.05, 0.1) is 0 Å². The van der Waals surface area contributed by atoms with Gasteiger partial charge >= 0.3 is 0 Å². The van der Waals surface area contributed by atoms with Crippen LogP contribution in [0.3, 0.4) is 0 Å². The topological polar surface area (TPSA) is 43.1 Å². The number of nitrogens with two attached hydrogens (primary N) is 1. The van der Waals surface area contributed by atoms with Crippen LogP contribution < -0.4 is 5.73 Å². The molecule has 0 fully saturated rings. The molecule has 1 aromatic rings. The Bertz CT molecular complexity index is 265. The van der Waals surface area contributed by atoms with Gasteiger partial charge in [0.25, 0.3) is 0 Å². The zero-order chi connectivity index (χ0) is 7.56. The minimum atomic E-state index is -0.456. The number of hydrogen-bond donors (Lipinski definition) is 1. The van der Waals surface area contributed by atoms with E-state index >= 15 is 0 Å². The van der Waals surface area contributed by atoms with Crippen molar-refractivity contribution in [2.45, 2.75) is 0 Å². The molecule has 0 unspecified atom stereocenters. The van der Waals surface area contributed by atoms with Crippen molar-refractivity contribution in [2.75, 3.05) is 0 Å². The van der Waals surface area contributed by atoms with Crippen LogP contribution in [0.5, 0.6) is 0 Å². The molecule has 0 heterocycles. The summed E-state index contributed by atoms with van der Waals surface area (Å²) in [6.45, 7) is 0. The molecular weight excluding hydrogens is 220 g/mol. The number of benzene rings is 1. The van der Waals surface area contributed by atoms with Crippen LogP contribution in [0.25, 0.3) is 0 Å². The first-order valence-corrected chi connectivity index (χ1v) is 3.13. The third kappa shape index (κ3) is 3.81. The Morgan fingerprint density at radius 3 is 2.25 bits per heavy atom. The average Bonchev–Trinajstić information content (AvgIpc) is 1.88. The van der Waals surface area contributed by atoms with E-state index in [4.69, 9.17) is 17.3 Å². The van der Waals surface area contributed by atoms with E-state index in [1.807, 2.05) is 0 Å². The second-order valence-corrected chi connectivity index (χ2v) is 2.31. The number of halogens is 3. The van der Waals surface area contributed by atoms with Crippen LogP contribution in [0.15, 0.2) is 24.3 Å². The van der Waals surface area contributed by atoms with E-state index in [9.17, 15) is 4.79 Å². The van der Waals surface area contributed by atoms with E-state index in [-0.39, 0.29) is 24.8 Å². The van der Waals surface area contributed by atoms with Crippen LogP contribution in [-0.2, 0) is 0 Å². The molecule has 0 aromatic heterocycles. The van der Waals surface area contributed by atoms with Gasteiger partial charge in [0.1, 0.15) is 0 Å². The summed E-state index contributed by atoms with van der Waals surface area (Å²) in [6, 6.07) is 6.52. The van der Waals surface area contributed by atoms with Crippen LogP contribution in [0, 0.1) is 0 Å². The first kappa shape index (κ1) is 14.1. The van der Waals surface area contributed by atoms with Crippen molar-refractivity contribution in [3.05, 3.63) is 34.9 Å². The first-order valence-electron chi connectivity index (χ1n) is 2.75. The third-order valence-electron chi connectivity index (χ3n) is 1.11. The fourth-order valence-electron chi connectivity index (χ4n) is 0.642. The standard InChI is InChI=1S/C7H6ClNO.2ClH/c8-6-3-1-2-5(4-6)7(9)10;;/h1-4H,(H2,9,10);2*1H. The van der Waals surface area contributed by atoms with Crippen LogP contribution in [0.1, 0.15) is 10.4 Å². The maximum absolute atomic E-state index is 10.5. The second kappa shape index (κ2) is 6.12. The SMILES string of the molecule is Cl.Cl.NC(=O)c1cccc(Cl)c1. The van der Waals surface area contributed by atoms with E-state index in [2.05, 4.69) is 0 Å². The highest BCUT2D eigenvalue weighted by molar-refractivity contribution is 6.30. The van der Waals surface area contributed by atoms with Gasteiger partial charge in [-0.05, 0) is 18.2 Å². The van der Waals surface area contributed by atoms with Crippen molar-refractivity contribution < 1.29 is 4.79 Å². The highest BCUT2D eigenvalue weighted by atomic mass is 35.5. The van der Waals surface area contributed by atoms with Gasteiger partial charge in [-0.3, -0.25) is 4.79 Å². The molecule has 2 N–H and O–H groups in total. The summed E-state index contributed by atoms with van der Waals surface area (Å²) in [6.07, 6.45) is 0. The molecule has 68 valence electrons. The Morgan fingerprint density at radius 1 is 1.33 bits per heavy atom. The number of rotatable bonds is 1. The number of hydrogen-bond acceptors (Lipinski definition) is 1. The molecule has 0 bridgehead atoms. The van der Waals surface area contributed by atoms with E-state index in [0.29, 0.717) is 10.6 Å². The van der Waals surface area contributed by atoms with Crippen LogP contribution in [0.4, 0.5) is 0 Å². The van der Waals surface area contributed by atoms with Gasteiger partial charge in [-0.2, -0.15) is 0 Å². The highest BCUT2D eigenvalue weighted by Gasteiger charge is 1.97. The number of amides is 1. The maximum atomic E-state index is 10.5. The van der Waals surface area contributed by atoms with Gasteiger partial charge in [-0.1, -0.05) is 17.7 Å². The van der Waals surface area contributed by atoms with Crippen LogP contribution >= 0.6 is 36.4 Å². The predicted octanol–water partition coefficient (Wildman–Crippen LogP) is 2.28. The van der Waals surface area contributed by atoms with Crippen molar-refractivity contribution in [2.24, 2.45) is 5.73 Å². The predicted molar refractivity (Wildman–Crippen MR) is 54.5 cm³/mol. The fourth-order valence-corrected chi connectivity index (χ4v) is 0.832. The zero-order valence-corrected chi connectivity index (χ0v) is 8.38. The molecule has 0 saturated carbocycles. The van der Waals surface area contributed by atoms with Crippen LogP contribution in [0.2, 0.25) is 5.02 Å². The van der Waals surface area contributed by atoms with Gasteiger partial charge in [0, 0.05) is 10.6 Å². The fraction of sp³-hybridized carbons (Fsp3) is 0. The highest BCUT2D eigenvalue weighted by Crippen LogP contribution is 2.09. The second-order valence-electron chi connectivity index (χ2n) is 1.87. The minimum Gasteiger partial charge on any atom is -0.366 e. The maximum Gasteiger partial charge on any atom is 0.248 e. The molecule has 0 aliphatic rings.